The van der Waals surface area contributed by atoms with E-state index in [0.29, 0.717) is 15.7 Å². The third-order valence-electron chi connectivity index (χ3n) is 4.62. The van der Waals surface area contributed by atoms with Crippen LogP contribution in [0.1, 0.15) is 19.8 Å². The molecule has 6 nitrogen and oxygen atoms in total. The number of carbonyl (C=O) groups excluding carboxylic acids is 1. The van der Waals surface area contributed by atoms with Gasteiger partial charge in [-0.1, -0.05) is 23.2 Å². The number of aliphatic carboxylic acids is 1. The van der Waals surface area contributed by atoms with Crippen molar-refractivity contribution in [2.24, 2.45) is 0 Å². The van der Waals surface area contributed by atoms with Crippen molar-refractivity contribution in [1.82, 2.24) is 9.80 Å². The van der Waals surface area contributed by atoms with Crippen molar-refractivity contribution in [3.05, 3.63) is 28.2 Å². The fraction of sp³-hybridized carbons (Fsp3) is 0.529. The molecule has 25 heavy (non-hydrogen) atoms. The van der Waals surface area contributed by atoms with E-state index in [1.807, 2.05) is 18.9 Å². The number of rotatable bonds is 6. The molecular weight excluding hydrogens is 365 g/mol. The average Bonchev–Trinajstić information content (AvgIpc) is 2.56. The number of likely N-dealkylation sites (N-methyl/N-ethyl adjacent to an activating group) is 1. The van der Waals surface area contributed by atoms with E-state index < -0.39 is 5.97 Å². The van der Waals surface area contributed by atoms with E-state index >= 15 is 0 Å². The first-order chi connectivity index (χ1) is 11.8. The summed E-state index contributed by atoms with van der Waals surface area (Å²) in [7, 11) is 1.83. The number of piperidine rings is 1. The second-order valence-electron chi connectivity index (χ2n) is 6.37. The van der Waals surface area contributed by atoms with E-state index in [-0.39, 0.29) is 24.5 Å². The smallest absolute Gasteiger partial charge is 0.317 e. The van der Waals surface area contributed by atoms with Gasteiger partial charge in [0.05, 0.1) is 23.3 Å². The quantitative estimate of drug-likeness (QED) is 0.784. The number of carboxylic acid groups (broad SMARTS) is 1. The largest absolute Gasteiger partial charge is 0.480 e. The zero-order chi connectivity index (χ0) is 18.6. The maximum Gasteiger partial charge on any atom is 0.317 e. The highest BCUT2D eigenvalue weighted by Crippen LogP contribution is 2.26. The number of benzene rings is 1. The highest BCUT2D eigenvalue weighted by atomic mass is 35.5. The first-order valence-corrected chi connectivity index (χ1v) is 8.95. The lowest BCUT2D eigenvalue weighted by molar-refractivity contribution is -0.138. The summed E-state index contributed by atoms with van der Waals surface area (Å²) in [6.07, 6.45) is 1.67. The molecule has 138 valence electrons. The van der Waals surface area contributed by atoms with Crippen molar-refractivity contribution in [2.45, 2.75) is 31.8 Å². The van der Waals surface area contributed by atoms with Gasteiger partial charge in [0, 0.05) is 24.2 Å². The summed E-state index contributed by atoms with van der Waals surface area (Å²) in [6.45, 7) is 3.39. The Kier molecular flexibility index (Phi) is 7.07. The molecule has 0 spiro atoms. The third-order valence-corrected chi connectivity index (χ3v) is 5.17. The Hall–Kier alpha value is -1.34. The number of hydrogen-bond acceptors (Lipinski definition) is 4. The summed E-state index contributed by atoms with van der Waals surface area (Å²) < 4.78 is 0. The molecule has 1 unspecified atom stereocenters. The van der Waals surface area contributed by atoms with E-state index in [0.717, 1.165) is 25.9 Å². The summed E-state index contributed by atoms with van der Waals surface area (Å²) in [6, 6.07) is 4.89. The van der Waals surface area contributed by atoms with Crippen molar-refractivity contribution < 1.29 is 14.7 Å². The number of carbonyl (C=O) groups is 2. The van der Waals surface area contributed by atoms with Crippen LogP contribution >= 0.6 is 23.2 Å². The predicted molar refractivity (Wildman–Crippen MR) is 99.4 cm³/mol. The summed E-state index contributed by atoms with van der Waals surface area (Å²) in [5.41, 5.74) is 0.541. The molecule has 8 heteroatoms. The lowest BCUT2D eigenvalue weighted by Crippen LogP contribution is -2.50. The molecule has 0 aromatic heterocycles. The molecule has 1 aromatic carbocycles. The predicted octanol–water partition coefficient (Wildman–Crippen LogP) is 2.80. The fourth-order valence-electron chi connectivity index (χ4n) is 3.05. The Bertz CT molecular complexity index is 634. The topological polar surface area (TPSA) is 72.9 Å². The van der Waals surface area contributed by atoms with Crippen LogP contribution in [0.4, 0.5) is 5.69 Å². The molecule has 1 atom stereocenters. The molecule has 0 aliphatic carbocycles. The van der Waals surface area contributed by atoms with Crippen LogP contribution in [0.15, 0.2) is 18.2 Å². The van der Waals surface area contributed by atoms with Gasteiger partial charge in [-0.05, 0) is 45.0 Å². The molecule has 0 saturated carbocycles. The number of nitrogens with zero attached hydrogens (tertiary/aromatic N) is 2. The van der Waals surface area contributed by atoms with Crippen LogP contribution in [0.2, 0.25) is 10.0 Å². The number of carboxylic acids is 1. The molecule has 1 saturated heterocycles. The molecule has 0 bridgehead atoms. The highest BCUT2D eigenvalue weighted by molar-refractivity contribution is 6.36. The minimum absolute atomic E-state index is 0.0375. The van der Waals surface area contributed by atoms with Gasteiger partial charge in [0.2, 0.25) is 5.91 Å². The second-order valence-corrected chi connectivity index (χ2v) is 7.21. The van der Waals surface area contributed by atoms with Crippen LogP contribution in [0.3, 0.4) is 0 Å². The summed E-state index contributed by atoms with van der Waals surface area (Å²) in [5.74, 6) is -0.945. The van der Waals surface area contributed by atoms with Crippen LogP contribution in [-0.4, -0.2) is 65.5 Å². The molecule has 2 rings (SSSR count). The zero-order valence-electron chi connectivity index (χ0n) is 14.3. The van der Waals surface area contributed by atoms with Crippen LogP contribution in [0.25, 0.3) is 0 Å². The second kappa shape index (κ2) is 8.85. The van der Waals surface area contributed by atoms with Gasteiger partial charge < -0.3 is 10.4 Å². The summed E-state index contributed by atoms with van der Waals surface area (Å²) in [4.78, 5) is 27.2. The Balaban J connectivity index is 1.88. The Morgan fingerprint density at radius 1 is 1.36 bits per heavy atom. The van der Waals surface area contributed by atoms with E-state index in [4.69, 9.17) is 28.3 Å². The fourth-order valence-corrected chi connectivity index (χ4v) is 3.51. The Morgan fingerprint density at radius 2 is 2.00 bits per heavy atom. The Morgan fingerprint density at radius 3 is 2.56 bits per heavy atom. The monoisotopic (exact) mass is 387 g/mol. The van der Waals surface area contributed by atoms with Crippen molar-refractivity contribution in [3.63, 3.8) is 0 Å². The molecule has 1 amide bonds. The van der Waals surface area contributed by atoms with Crippen LogP contribution in [0, 0.1) is 0 Å². The van der Waals surface area contributed by atoms with Gasteiger partial charge in [-0.2, -0.15) is 0 Å². The zero-order valence-corrected chi connectivity index (χ0v) is 15.8. The maximum atomic E-state index is 12.5. The molecule has 1 aromatic rings. The number of hydrogen-bond donors (Lipinski definition) is 2. The molecular formula is C17H23Cl2N3O3. The lowest BCUT2D eigenvalue weighted by Gasteiger charge is -2.38. The molecule has 2 N–H and O–H groups in total. The van der Waals surface area contributed by atoms with Crippen LogP contribution in [-0.2, 0) is 9.59 Å². The third kappa shape index (κ3) is 5.57. The molecule has 1 fully saturated rings. The number of likely N-dealkylation sites (tertiary alicyclic amines) is 1. The van der Waals surface area contributed by atoms with E-state index in [1.54, 1.807) is 18.2 Å². The standard InChI is InChI=1S/C17H23Cl2N3O3/c1-11(17(25)20-15-4-3-12(18)9-14(15)19)22-7-5-13(6-8-22)21(2)10-16(23)24/h3-4,9,11,13H,5-8,10H2,1-2H3,(H,20,25)(H,23,24). The van der Waals surface area contributed by atoms with Gasteiger partial charge in [-0.3, -0.25) is 19.4 Å². The Labute approximate surface area is 157 Å². The van der Waals surface area contributed by atoms with Crippen molar-refractivity contribution in [2.75, 3.05) is 32.0 Å². The number of anilines is 1. The van der Waals surface area contributed by atoms with Crippen molar-refractivity contribution in [1.29, 1.82) is 0 Å². The molecule has 1 aliphatic rings. The number of amides is 1. The maximum absolute atomic E-state index is 12.5. The average molecular weight is 388 g/mol. The number of nitrogens with one attached hydrogen (secondary N) is 1. The number of halogens is 2. The molecule has 1 heterocycles. The SMILES string of the molecule is CC(C(=O)Nc1ccc(Cl)cc1Cl)N1CCC(N(C)CC(=O)O)CC1. The first kappa shape index (κ1) is 20.0. The van der Waals surface area contributed by atoms with Gasteiger partial charge in [0.15, 0.2) is 0 Å². The van der Waals surface area contributed by atoms with E-state index in [9.17, 15) is 9.59 Å². The lowest BCUT2D eigenvalue weighted by atomic mass is 10.0. The van der Waals surface area contributed by atoms with Crippen LogP contribution in [0.5, 0.6) is 0 Å². The van der Waals surface area contributed by atoms with Gasteiger partial charge in [-0.15, -0.1) is 0 Å². The first-order valence-electron chi connectivity index (χ1n) is 8.20. The normalized spacial score (nSPS) is 17.5. The minimum Gasteiger partial charge on any atom is -0.480 e. The van der Waals surface area contributed by atoms with Gasteiger partial charge in [0.1, 0.15) is 0 Å². The minimum atomic E-state index is -0.822. The van der Waals surface area contributed by atoms with E-state index in [1.165, 1.54) is 0 Å². The molecule has 0 radical (unpaired) electrons. The summed E-state index contributed by atoms with van der Waals surface area (Å²) in [5, 5.41) is 12.6. The van der Waals surface area contributed by atoms with Gasteiger partial charge in [0.25, 0.3) is 0 Å². The summed E-state index contributed by atoms with van der Waals surface area (Å²) >= 11 is 12.0. The van der Waals surface area contributed by atoms with Gasteiger partial charge in [-0.25, -0.2) is 0 Å². The van der Waals surface area contributed by atoms with E-state index in [2.05, 4.69) is 10.2 Å². The highest BCUT2D eigenvalue weighted by Gasteiger charge is 2.29. The van der Waals surface area contributed by atoms with Crippen LogP contribution < -0.4 is 5.32 Å². The molecule has 1 aliphatic heterocycles. The van der Waals surface area contributed by atoms with Crippen molar-refractivity contribution in [3.8, 4) is 0 Å². The van der Waals surface area contributed by atoms with Gasteiger partial charge >= 0.3 is 5.97 Å². The van der Waals surface area contributed by atoms with Crippen molar-refractivity contribution >= 4 is 40.8 Å².